The number of hydrogen-bond donors (Lipinski definition) is 3. The lowest BCUT2D eigenvalue weighted by Gasteiger charge is -2.26. The molecule has 86 valence electrons. The number of carbonyl (C=O) groups is 1. The second-order valence-corrected chi connectivity index (χ2v) is 3.71. The van der Waals surface area contributed by atoms with Gasteiger partial charge in [0.15, 0.2) is 0 Å². The SMILES string of the molecule is O=C(O)NC1C=C(n2ccnc2)CCC1O. The number of hydrogen-bond acceptors (Lipinski definition) is 3. The van der Waals surface area contributed by atoms with E-state index in [9.17, 15) is 9.90 Å². The first-order chi connectivity index (χ1) is 7.66. The minimum absolute atomic E-state index is 0.537. The number of aliphatic hydroxyl groups excluding tert-OH is 1. The van der Waals surface area contributed by atoms with Gasteiger partial charge in [0.2, 0.25) is 0 Å². The molecule has 6 heteroatoms. The highest BCUT2D eigenvalue weighted by Crippen LogP contribution is 2.22. The van der Waals surface area contributed by atoms with Crippen LogP contribution in [0.4, 0.5) is 4.79 Å². The molecule has 6 nitrogen and oxygen atoms in total. The van der Waals surface area contributed by atoms with E-state index in [4.69, 9.17) is 5.11 Å². The molecular weight excluding hydrogens is 210 g/mol. The van der Waals surface area contributed by atoms with E-state index in [-0.39, 0.29) is 0 Å². The van der Waals surface area contributed by atoms with Gasteiger partial charge in [-0.25, -0.2) is 9.78 Å². The van der Waals surface area contributed by atoms with E-state index >= 15 is 0 Å². The van der Waals surface area contributed by atoms with Gasteiger partial charge in [0.05, 0.1) is 18.5 Å². The van der Waals surface area contributed by atoms with Gasteiger partial charge in [-0.05, 0) is 18.9 Å². The predicted octanol–water partition coefficient (Wildman–Crippen LogP) is 0.515. The van der Waals surface area contributed by atoms with Crippen LogP contribution < -0.4 is 5.32 Å². The molecule has 0 spiro atoms. The third-order valence-corrected chi connectivity index (χ3v) is 2.61. The molecule has 3 N–H and O–H groups in total. The fourth-order valence-corrected chi connectivity index (χ4v) is 1.80. The number of allylic oxidation sites excluding steroid dienone is 1. The molecule has 1 aromatic rings. The number of aliphatic hydroxyl groups is 1. The lowest BCUT2D eigenvalue weighted by Crippen LogP contribution is -2.43. The highest BCUT2D eigenvalue weighted by Gasteiger charge is 2.24. The van der Waals surface area contributed by atoms with Crippen molar-refractivity contribution >= 4 is 11.8 Å². The van der Waals surface area contributed by atoms with E-state index in [1.807, 2.05) is 4.57 Å². The number of aromatic nitrogens is 2. The third-order valence-electron chi connectivity index (χ3n) is 2.61. The summed E-state index contributed by atoms with van der Waals surface area (Å²) in [4.78, 5) is 14.5. The van der Waals surface area contributed by atoms with Crippen LogP contribution in [-0.4, -0.2) is 38.0 Å². The van der Waals surface area contributed by atoms with Crippen molar-refractivity contribution in [2.75, 3.05) is 0 Å². The summed E-state index contributed by atoms with van der Waals surface area (Å²) in [5.41, 5.74) is 0.946. The lowest BCUT2D eigenvalue weighted by atomic mass is 9.97. The Morgan fingerprint density at radius 3 is 3.06 bits per heavy atom. The molecule has 1 aliphatic carbocycles. The zero-order valence-electron chi connectivity index (χ0n) is 8.58. The second kappa shape index (κ2) is 4.36. The first kappa shape index (κ1) is 10.7. The maximum absolute atomic E-state index is 10.5. The second-order valence-electron chi connectivity index (χ2n) is 3.71. The average Bonchev–Trinajstić information content (AvgIpc) is 2.73. The van der Waals surface area contributed by atoms with Crippen LogP contribution in [-0.2, 0) is 0 Å². The van der Waals surface area contributed by atoms with Crippen molar-refractivity contribution in [2.45, 2.75) is 25.0 Å². The van der Waals surface area contributed by atoms with Crippen molar-refractivity contribution in [2.24, 2.45) is 0 Å². The maximum atomic E-state index is 10.5. The van der Waals surface area contributed by atoms with Gasteiger partial charge < -0.3 is 20.1 Å². The van der Waals surface area contributed by atoms with E-state index in [1.54, 1.807) is 24.8 Å². The summed E-state index contributed by atoms with van der Waals surface area (Å²) in [6.45, 7) is 0. The standard InChI is InChI=1S/C10H13N3O3/c14-9-2-1-7(13-4-3-11-6-13)5-8(9)12-10(15)16/h3-6,8-9,12,14H,1-2H2,(H,15,16). The molecule has 1 heterocycles. The summed E-state index contributed by atoms with van der Waals surface area (Å²) in [6.07, 6.45) is 6.28. The predicted molar refractivity (Wildman–Crippen MR) is 56.7 cm³/mol. The summed E-state index contributed by atoms with van der Waals surface area (Å²) in [5, 5.41) is 20.5. The Morgan fingerprint density at radius 1 is 1.62 bits per heavy atom. The molecule has 1 amide bonds. The molecule has 0 saturated heterocycles. The zero-order chi connectivity index (χ0) is 11.5. The number of nitrogens with one attached hydrogen (secondary N) is 1. The Bertz CT molecular complexity index is 399. The molecule has 0 bridgehead atoms. The van der Waals surface area contributed by atoms with Crippen molar-refractivity contribution < 1.29 is 15.0 Å². The smallest absolute Gasteiger partial charge is 0.405 e. The lowest BCUT2D eigenvalue weighted by molar-refractivity contribution is 0.125. The molecule has 2 rings (SSSR count). The van der Waals surface area contributed by atoms with Crippen molar-refractivity contribution in [3.05, 3.63) is 24.8 Å². The van der Waals surface area contributed by atoms with Crippen LogP contribution in [0.15, 0.2) is 24.8 Å². The van der Waals surface area contributed by atoms with E-state index in [1.165, 1.54) is 0 Å². The van der Waals surface area contributed by atoms with Crippen molar-refractivity contribution in [3.63, 3.8) is 0 Å². The first-order valence-corrected chi connectivity index (χ1v) is 5.03. The maximum Gasteiger partial charge on any atom is 0.405 e. The molecule has 16 heavy (non-hydrogen) atoms. The molecule has 1 aromatic heterocycles. The van der Waals surface area contributed by atoms with E-state index in [0.29, 0.717) is 12.8 Å². The Labute approximate surface area is 92.2 Å². The highest BCUT2D eigenvalue weighted by atomic mass is 16.4. The van der Waals surface area contributed by atoms with Crippen LogP contribution in [0.25, 0.3) is 5.70 Å². The van der Waals surface area contributed by atoms with Crippen LogP contribution in [0.2, 0.25) is 0 Å². The van der Waals surface area contributed by atoms with Crippen LogP contribution in [0.3, 0.4) is 0 Å². The van der Waals surface area contributed by atoms with Crippen LogP contribution >= 0.6 is 0 Å². The van der Waals surface area contributed by atoms with Gasteiger partial charge in [0.25, 0.3) is 0 Å². The molecule has 1 aliphatic rings. The van der Waals surface area contributed by atoms with Gasteiger partial charge in [-0.2, -0.15) is 0 Å². The van der Waals surface area contributed by atoms with Gasteiger partial charge >= 0.3 is 6.09 Å². The number of amides is 1. The number of carboxylic acid groups (broad SMARTS) is 1. The van der Waals surface area contributed by atoms with Crippen molar-refractivity contribution in [1.82, 2.24) is 14.9 Å². The molecule has 2 unspecified atom stereocenters. The van der Waals surface area contributed by atoms with E-state index in [2.05, 4.69) is 10.3 Å². The van der Waals surface area contributed by atoms with Gasteiger partial charge in [-0.1, -0.05) is 0 Å². The Hall–Kier alpha value is -1.82. The number of nitrogens with zero attached hydrogens (tertiary/aromatic N) is 2. The summed E-state index contributed by atoms with van der Waals surface area (Å²) in [6, 6.07) is -0.552. The fraction of sp³-hybridized carbons (Fsp3) is 0.400. The zero-order valence-corrected chi connectivity index (χ0v) is 8.58. The normalized spacial score (nSPS) is 24.9. The largest absolute Gasteiger partial charge is 0.465 e. The minimum Gasteiger partial charge on any atom is -0.465 e. The number of imidazole rings is 1. The third kappa shape index (κ3) is 2.22. The summed E-state index contributed by atoms with van der Waals surface area (Å²) in [7, 11) is 0. The molecule has 0 fully saturated rings. The van der Waals surface area contributed by atoms with Gasteiger partial charge in [-0.15, -0.1) is 0 Å². The molecule has 0 radical (unpaired) electrons. The summed E-state index contributed by atoms with van der Waals surface area (Å²) >= 11 is 0. The Morgan fingerprint density at radius 2 is 2.44 bits per heavy atom. The summed E-state index contributed by atoms with van der Waals surface area (Å²) in [5.74, 6) is 0. The highest BCUT2D eigenvalue weighted by molar-refractivity contribution is 5.66. The number of rotatable bonds is 2. The molecule has 0 saturated carbocycles. The molecule has 2 atom stereocenters. The Kier molecular flexibility index (Phi) is 2.91. The van der Waals surface area contributed by atoms with Crippen LogP contribution in [0.5, 0.6) is 0 Å². The minimum atomic E-state index is -1.13. The fourth-order valence-electron chi connectivity index (χ4n) is 1.80. The van der Waals surface area contributed by atoms with E-state index < -0.39 is 18.2 Å². The van der Waals surface area contributed by atoms with Gasteiger partial charge in [-0.3, -0.25) is 0 Å². The van der Waals surface area contributed by atoms with Gasteiger partial charge in [0.1, 0.15) is 0 Å². The topological polar surface area (TPSA) is 87.4 Å². The first-order valence-electron chi connectivity index (χ1n) is 5.03. The Balaban J connectivity index is 2.18. The van der Waals surface area contributed by atoms with Crippen LogP contribution in [0, 0.1) is 0 Å². The molecule has 0 aliphatic heterocycles. The summed E-state index contributed by atoms with van der Waals surface area (Å²) < 4.78 is 1.82. The van der Waals surface area contributed by atoms with Crippen molar-refractivity contribution in [1.29, 1.82) is 0 Å². The quantitative estimate of drug-likeness (QED) is 0.682. The van der Waals surface area contributed by atoms with Crippen LogP contribution in [0.1, 0.15) is 12.8 Å². The molecular formula is C10H13N3O3. The molecule has 0 aromatic carbocycles. The van der Waals surface area contributed by atoms with E-state index in [0.717, 1.165) is 5.70 Å². The average molecular weight is 223 g/mol. The monoisotopic (exact) mass is 223 g/mol. The van der Waals surface area contributed by atoms with Gasteiger partial charge in [0, 0.05) is 18.1 Å². The van der Waals surface area contributed by atoms with Crippen molar-refractivity contribution in [3.8, 4) is 0 Å².